The molecule has 2 amide bonds. The van der Waals surface area contributed by atoms with E-state index in [1.807, 2.05) is 31.2 Å². The molecular weight excluding hydrogens is 438 g/mol. The average Bonchev–Trinajstić information content (AvgIpc) is 3.30. The number of imide groups is 1. The summed E-state index contributed by atoms with van der Waals surface area (Å²) in [4.78, 5) is 37.8. The lowest BCUT2D eigenvalue weighted by molar-refractivity contribution is -0.123. The Morgan fingerprint density at radius 2 is 1.87 bits per heavy atom. The molecule has 1 N–H and O–H groups in total. The monoisotopic (exact) mass is 453 g/mol. The Morgan fingerprint density at radius 1 is 1.13 bits per heavy atom. The minimum atomic E-state index is -1.14. The average molecular weight is 454 g/mol. The highest BCUT2D eigenvalue weighted by atomic mass is 35.5. The number of hydrogen-bond acceptors (Lipinski definition) is 5. The molecule has 6 nitrogen and oxygen atoms in total. The summed E-state index contributed by atoms with van der Waals surface area (Å²) in [7, 11) is 0. The molecule has 1 aliphatic rings. The van der Waals surface area contributed by atoms with Crippen molar-refractivity contribution in [1.29, 1.82) is 0 Å². The van der Waals surface area contributed by atoms with Crippen LogP contribution in [0.1, 0.15) is 27.2 Å². The van der Waals surface area contributed by atoms with Crippen LogP contribution >= 0.6 is 23.4 Å². The summed E-state index contributed by atoms with van der Waals surface area (Å²) in [6.45, 7) is 2.17. The second-order valence-corrected chi connectivity index (χ2v) is 8.36. The molecule has 0 atom stereocenters. The topological polar surface area (TPSA) is 87.8 Å². The summed E-state index contributed by atoms with van der Waals surface area (Å²) < 4.78 is 5.75. The van der Waals surface area contributed by atoms with Crippen LogP contribution in [0.25, 0.3) is 17.4 Å². The van der Waals surface area contributed by atoms with Crippen molar-refractivity contribution in [2.45, 2.75) is 13.5 Å². The number of thioether (sulfide) groups is 1. The number of hydrogen-bond donors (Lipinski definition) is 1. The number of carbonyl (C=O) groups is 3. The third kappa shape index (κ3) is 4.42. The summed E-state index contributed by atoms with van der Waals surface area (Å²) in [5.74, 6) is -0.721. The molecule has 4 rings (SSSR count). The number of aryl methyl sites for hydroxylation is 1. The van der Waals surface area contributed by atoms with Crippen LogP contribution in [-0.2, 0) is 11.3 Å². The van der Waals surface area contributed by atoms with Crippen LogP contribution in [0, 0.1) is 6.92 Å². The fourth-order valence-corrected chi connectivity index (χ4v) is 4.09. The van der Waals surface area contributed by atoms with Gasteiger partial charge in [0.05, 0.1) is 22.0 Å². The lowest BCUT2D eigenvalue weighted by Gasteiger charge is -2.12. The largest absolute Gasteiger partial charge is 0.478 e. The molecule has 0 saturated carbocycles. The number of rotatable bonds is 5. The molecule has 1 aromatic heterocycles. The molecule has 156 valence electrons. The van der Waals surface area contributed by atoms with Crippen LogP contribution < -0.4 is 0 Å². The van der Waals surface area contributed by atoms with Crippen LogP contribution in [0.3, 0.4) is 0 Å². The van der Waals surface area contributed by atoms with Gasteiger partial charge in [0, 0.05) is 11.6 Å². The van der Waals surface area contributed by atoms with E-state index in [-0.39, 0.29) is 33.2 Å². The SMILES string of the molecule is Cc1ccc(CN2C(=O)S/C(=C/c3ccc(-c4ccc(Cl)c(C(=O)O)c4)o3)C2=O)cc1. The van der Waals surface area contributed by atoms with E-state index in [9.17, 15) is 19.5 Å². The molecule has 1 aliphatic heterocycles. The molecule has 0 unspecified atom stereocenters. The Balaban J connectivity index is 1.55. The molecule has 0 radical (unpaired) electrons. The molecule has 1 saturated heterocycles. The fraction of sp³-hybridized carbons (Fsp3) is 0.0870. The van der Waals surface area contributed by atoms with Crippen molar-refractivity contribution in [3.8, 4) is 11.3 Å². The van der Waals surface area contributed by atoms with Crippen molar-refractivity contribution >= 4 is 46.6 Å². The Labute approximate surface area is 187 Å². The maximum absolute atomic E-state index is 12.7. The van der Waals surface area contributed by atoms with Gasteiger partial charge in [0.1, 0.15) is 11.5 Å². The van der Waals surface area contributed by atoms with Crippen molar-refractivity contribution in [2.75, 3.05) is 0 Å². The fourth-order valence-electron chi connectivity index (χ4n) is 3.07. The highest BCUT2D eigenvalue weighted by molar-refractivity contribution is 8.18. The predicted molar refractivity (Wildman–Crippen MR) is 119 cm³/mol. The number of halogens is 1. The van der Waals surface area contributed by atoms with Gasteiger partial charge in [0.2, 0.25) is 0 Å². The van der Waals surface area contributed by atoms with Crippen molar-refractivity contribution in [1.82, 2.24) is 4.90 Å². The number of carboxylic acid groups (broad SMARTS) is 1. The first-order chi connectivity index (χ1) is 14.8. The summed E-state index contributed by atoms with van der Waals surface area (Å²) in [5, 5.41) is 9.02. The van der Waals surface area contributed by atoms with Gasteiger partial charge in [-0.2, -0.15) is 0 Å². The predicted octanol–water partition coefficient (Wildman–Crippen LogP) is 5.84. The highest BCUT2D eigenvalue weighted by Gasteiger charge is 2.35. The van der Waals surface area contributed by atoms with Gasteiger partial charge in [-0.3, -0.25) is 14.5 Å². The minimum absolute atomic E-state index is 0.0330. The third-order valence-electron chi connectivity index (χ3n) is 4.72. The molecule has 0 spiro atoms. The van der Waals surface area contributed by atoms with E-state index in [0.717, 1.165) is 22.9 Å². The summed E-state index contributed by atoms with van der Waals surface area (Å²) in [5.41, 5.74) is 2.47. The van der Waals surface area contributed by atoms with Crippen LogP contribution in [-0.4, -0.2) is 27.1 Å². The van der Waals surface area contributed by atoms with E-state index in [2.05, 4.69) is 0 Å². The maximum atomic E-state index is 12.7. The third-order valence-corrected chi connectivity index (χ3v) is 5.95. The molecule has 2 heterocycles. The van der Waals surface area contributed by atoms with Crippen molar-refractivity contribution in [2.24, 2.45) is 0 Å². The van der Waals surface area contributed by atoms with E-state index < -0.39 is 5.97 Å². The van der Waals surface area contributed by atoms with E-state index in [1.165, 1.54) is 23.1 Å². The summed E-state index contributed by atoms with van der Waals surface area (Å²) in [6.07, 6.45) is 1.51. The number of furan rings is 1. The summed E-state index contributed by atoms with van der Waals surface area (Å²) in [6, 6.07) is 15.5. The Kier molecular flexibility index (Phi) is 5.71. The van der Waals surface area contributed by atoms with Gasteiger partial charge in [-0.25, -0.2) is 4.79 Å². The van der Waals surface area contributed by atoms with Gasteiger partial charge in [-0.15, -0.1) is 0 Å². The second-order valence-electron chi connectivity index (χ2n) is 6.96. The highest BCUT2D eigenvalue weighted by Crippen LogP contribution is 2.34. The smallest absolute Gasteiger partial charge is 0.337 e. The number of benzene rings is 2. The number of carbonyl (C=O) groups excluding carboxylic acids is 2. The second kappa shape index (κ2) is 8.45. The minimum Gasteiger partial charge on any atom is -0.478 e. The molecule has 31 heavy (non-hydrogen) atoms. The molecule has 1 fully saturated rings. The van der Waals surface area contributed by atoms with E-state index in [1.54, 1.807) is 18.2 Å². The summed E-state index contributed by atoms with van der Waals surface area (Å²) >= 11 is 6.76. The zero-order chi connectivity index (χ0) is 22.1. The van der Waals surface area contributed by atoms with Gasteiger partial charge in [0.15, 0.2) is 0 Å². The van der Waals surface area contributed by atoms with Gasteiger partial charge in [-0.1, -0.05) is 41.4 Å². The zero-order valence-electron chi connectivity index (χ0n) is 16.3. The molecule has 3 aromatic rings. The van der Waals surface area contributed by atoms with Crippen LogP contribution in [0.4, 0.5) is 4.79 Å². The first-order valence-electron chi connectivity index (χ1n) is 9.26. The first-order valence-corrected chi connectivity index (χ1v) is 10.5. The zero-order valence-corrected chi connectivity index (χ0v) is 17.9. The lowest BCUT2D eigenvalue weighted by Crippen LogP contribution is -2.27. The molecule has 0 bridgehead atoms. The van der Waals surface area contributed by atoms with E-state index in [0.29, 0.717) is 17.1 Å². The normalized spacial score (nSPS) is 15.2. The van der Waals surface area contributed by atoms with Gasteiger partial charge in [-0.05, 0) is 54.6 Å². The quantitative estimate of drug-likeness (QED) is 0.488. The molecule has 0 aliphatic carbocycles. The number of aromatic carboxylic acids is 1. The Bertz CT molecular complexity index is 1230. The molecule has 8 heteroatoms. The van der Waals surface area contributed by atoms with Crippen molar-refractivity contribution in [3.63, 3.8) is 0 Å². The molecule has 2 aromatic carbocycles. The van der Waals surface area contributed by atoms with Gasteiger partial charge >= 0.3 is 5.97 Å². The van der Waals surface area contributed by atoms with Crippen LogP contribution in [0.2, 0.25) is 5.02 Å². The van der Waals surface area contributed by atoms with Gasteiger partial charge in [0.25, 0.3) is 11.1 Å². The Hall–Kier alpha value is -3.29. The number of nitrogens with zero attached hydrogens (tertiary/aromatic N) is 1. The number of amides is 2. The first kappa shape index (κ1) is 21.0. The molecular formula is C23H16ClNO5S. The van der Waals surface area contributed by atoms with Crippen molar-refractivity contribution in [3.05, 3.63) is 87.0 Å². The van der Waals surface area contributed by atoms with E-state index >= 15 is 0 Å². The van der Waals surface area contributed by atoms with Gasteiger partial charge < -0.3 is 9.52 Å². The standard InChI is InChI=1S/C23H16ClNO5S/c1-13-2-4-14(5-3-13)12-25-21(26)20(31-23(25)29)11-16-7-9-19(30-16)15-6-8-18(24)17(10-15)22(27)28/h2-11H,12H2,1H3,(H,27,28)/b20-11+. The lowest BCUT2D eigenvalue weighted by atomic mass is 10.1. The van der Waals surface area contributed by atoms with Crippen LogP contribution in [0.5, 0.6) is 0 Å². The number of carboxylic acids is 1. The Morgan fingerprint density at radius 3 is 2.58 bits per heavy atom. The van der Waals surface area contributed by atoms with Crippen molar-refractivity contribution < 1.29 is 23.9 Å². The van der Waals surface area contributed by atoms with Crippen LogP contribution in [0.15, 0.2) is 63.9 Å². The van der Waals surface area contributed by atoms with E-state index in [4.69, 9.17) is 16.0 Å². The maximum Gasteiger partial charge on any atom is 0.337 e.